The van der Waals surface area contributed by atoms with Gasteiger partial charge in [-0.3, -0.25) is 4.99 Å². The van der Waals surface area contributed by atoms with Crippen molar-refractivity contribution in [3.8, 4) is 0 Å². The van der Waals surface area contributed by atoms with E-state index in [1.807, 2.05) is 13.8 Å². The van der Waals surface area contributed by atoms with Crippen molar-refractivity contribution in [2.45, 2.75) is 27.2 Å². The van der Waals surface area contributed by atoms with Crippen molar-refractivity contribution in [3.63, 3.8) is 0 Å². The van der Waals surface area contributed by atoms with E-state index >= 15 is 0 Å². The van der Waals surface area contributed by atoms with Crippen molar-refractivity contribution in [1.82, 2.24) is 0 Å². The van der Waals surface area contributed by atoms with Crippen molar-refractivity contribution in [1.29, 1.82) is 0 Å². The lowest BCUT2D eigenvalue weighted by Crippen LogP contribution is -1.94. The van der Waals surface area contributed by atoms with Gasteiger partial charge in [0.1, 0.15) is 13.7 Å². The van der Waals surface area contributed by atoms with Gasteiger partial charge >= 0.3 is 0 Å². The summed E-state index contributed by atoms with van der Waals surface area (Å²) in [6, 6.07) is 3.20. The molecule has 0 atom stereocenters. The second kappa shape index (κ2) is 4.40. The molecule has 2 radical (unpaired) electrons. The van der Waals surface area contributed by atoms with Crippen molar-refractivity contribution in [2.75, 3.05) is 0 Å². The molecule has 0 aliphatic carbocycles. The molecule has 0 aliphatic heterocycles. The number of aliphatic imine (C=N–C) groups is 1. The summed E-state index contributed by atoms with van der Waals surface area (Å²) in [5.41, 5.74) is 2.72. The van der Waals surface area contributed by atoms with Crippen LogP contribution < -0.4 is 0 Å². The van der Waals surface area contributed by atoms with Crippen molar-refractivity contribution < 1.29 is 4.39 Å². The minimum atomic E-state index is -0.238. The van der Waals surface area contributed by atoms with Gasteiger partial charge in [0.15, 0.2) is 0 Å². The molecule has 0 N–H and O–H groups in total. The molecule has 0 heterocycles. The van der Waals surface area contributed by atoms with Crippen LogP contribution in [0.5, 0.6) is 0 Å². The highest BCUT2D eigenvalue weighted by Gasteiger charge is 2.02. The quantitative estimate of drug-likeness (QED) is 0.500. The molecule has 14 heavy (non-hydrogen) atoms. The number of rotatable bonds is 2. The molecule has 1 aromatic rings. The molecule has 1 rings (SSSR count). The topological polar surface area (TPSA) is 12.4 Å². The van der Waals surface area contributed by atoms with Crippen LogP contribution in [-0.2, 0) is 0 Å². The van der Waals surface area contributed by atoms with Gasteiger partial charge in [-0.05, 0) is 43.1 Å². The Hall–Kier alpha value is -1.12. The van der Waals surface area contributed by atoms with E-state index in [4.69, 9.17) is 7.85 Å². The maximum absolute atomic E-state index is 13.2. The summed E-state index contributed by atoms with van der Waals surface area (Å²) in [7, 11) is 5.59. The van der Waals surface area contributed by atoms with Gasteiger partial charge in [0.05, 0.1) is 5.69 Å². The first-order valence-electron chi connectivity index (χ1n) is 4.64. The van der Waals surface area contributed by atoms with Gasteiger partial charge in [0.2, 0.25) is 0 Å². The van der Waals surface area contributed by atoms with E-state index in [0.29, 0.717) is 23.3 Å². The highest BCUT2D eigenvalue weighted by atomic mass is 19.1. The van der Waals surface area contributed by atoms with Crippen LogP contribution in [0.2, 0.25) is 0 Å². The molecule has 0 aliphatic rings. The molecule has 72 valence electrons. The first-order valence-corrected chi connectivity index (χ1v) is 4.64. The van der Waals surface area contributed by atoms with Gasteiger partial charge in [-0.25, -0.2) is 4.39 Å². The Morgan fingerprint density at radius 2 is 2.00 bits per heavy atom. The Morgan fingerprint density at radius 3 is 2.57 bits per heavy atom. The molecular weight excluding hydrogens is 176 g/mol. The van der Waals surface area contributed by atoms with E-state index in [0.717, 1.165) is 5.56 Å². The van der Waals surface area contributed by atoms with E-state index in [1.165, 1.54) is 6.07 Å². The second-order valence-corrected chi connectivity index (χ2v) is 3.34. The molecule has 3 heteroatoms. The minimum Gasteiger partial charge on any atom is -0.269 e. The van der Waals surface area contributed by atoms with E-state index in [9.17, 15) is 4.39 Å². The lowest BCUT2D eigenvalue weighted by atomic mass is 9.98. The highest BCUT2D eigenvalue weighted by molar-refractivity contribution is 6.59. The zero-order valence-electron chi connectivity index (χ0n) is 8.76. The average Bonchev–Trinajstić information content (AvgIpc) is 2.14. The lowest BCUT2D eigenvalue weighted by molar-refractivity contribution is 0.618. The molecule has 0 aromatic heterocycles. The van der Waals surface area contributed by atoms with E-state index in [2.05, 4.69) is 4.99 Å². The standard InChI is InChI=1S/C11H13BFN/c1-4-11(12)14-10-6-9(13)7(2)5-8(10)3/h5-6H,4H2,1-3H3. The molecule has 1 nitrogen and oxygen atoms in total. The maximum Gasteiger partial charge on any atom is 0.135 e. The van der Waals surface area contributed by atoms with Crippen LogP contribution in [0.3, 0.4) is 0 Å². The molecule has 1 aromatic carbocycles. The average molecular weight is 189 g/mol. The predicted molar refractivity (Wildman–Crippen MR) is 59.0 cm³/mol. The number of aryl methyl sites for hydroxylation is 2. The van der Waals surface area contributed by atoms with Crippen LogP contribution in [0, 0.1) is 19.7 Å². The van der Waals surface area contributed by atoms with Crippen LogP contribution in [0.25, 0.3) is 0 Å². The maximum atomic E-state index is 13.2. The summed E-state index contributed by atoms with van der Waals surface area (Å²) in [5.74, 6) is -0.238. The third-order valence-electron chi connectivity index (χ3n) is 2.10. The number of benzene rings is 1. The van der Waals surface area contributed by atoms with Crippen LogP contribution in [0.1, 0.15) is 24.5 Å². The van der Waals surface area contributed by atoms with Gasteiger partial charge in [0.25, 0.3) is 0 Å². The summed E-state index contributed by atoms with van der Waals surface area (Å²) in [6.07, 6.45) is 0.676. The van der Waals surface area contributed by atoms with Crippen molar-refractivity contribution in [3.05, 3.63) is 29.1 Å². The Morgan fingerprint density at radius 1 is 1.36 bits per heavy atom. The summed E-state index contributed by atoms with van der Waals surface area (Å²) in [4.78, 5) is 4.13. The fourth-order valence-corrected chi connectivity index (χ4v) is 1.17. The molecule has 0 bridgehead atoms. The normalized spacial score (nSPS) is 11.9. The van der Waals surface area contributed by atoms with E-state index in [1.54, 1.807) is 13.0 Å². The summed E-state index contributed by atoms with van der Waals surface area (Å²) >= 11 is 0. The largest absolute Gasteiger partial charge is 0.269 e. The molecule has 0 unspecified atom stereocenters. The number of halogens is 1. The lowest BCUT2D eigenvalue weighted by Gasteiger charge is -2.04. The van der Waals surface area contributed by atoms with Crippen LogP contribution in [-0.4, -0.2) is 13.5 Å². The van der Waals surface area contributed by atoms with Gasteiger partial charge in [-0.15, -0.1) is 0 Å². The van der Waals surface area contributed by atoms with Crippen LogP contribution in [0.4, 0.5) is 10.1 Å². The number of hydrogen-bond acceptors (Lipinski definition) is 1. The fraction of sp³-hybridized carbons (Fsp3) is 0.364. The predicted octanol–water partition coefficient (Wildman–Crippen LogP) is 3.05. The Labute approximate surface area is 85.5 Å². The van der Waals surface area contributed by atoms with Gasteiger partial charge < -0.3 is 0 Å². The smallest absolute Gasteiger partial charge is 0.135 e. The van der Waals surface area contributed by atoms with Crippen LogP contribution >= 0.6 is 0 Å². The minimum absolute atomic E-state index is 0.238. The zero-order valence-corrected chi connectivity index (χ0v) is 8.76. The zero-order chi connectivity index (χ0) is 10.7. The highest BCUT2D eigenvalue weighted by Crippen LogP contribution is 2.22. The number of nitrogens with zero attached hydrogens (tertiary/aromatic N) is 1. The Bertz CT molecular complexity index is 372. The summed E-state index contributed by atoms with van der Waals surface area (Å²) in [5, 5.41) is 0. The third-order valence-corrected chi connectivity index (χ3v) is 2.10. The molecule has 0 fully saturated rings. The molecule has 0 amide bonds. The SMILES string of the molecule is [B]C(CC)=Nc1cc(F)c(C)cc1C. The molecule has 0 saturated carbocycles. The van der Waals surface area contributed by atoms with Gasteiger partial charge in [-0.2, -0.15) is 0 Å². The van der Waals surface area contributed by atoms with E-state index in [-0.39, 0.29) is 5.82 Å². The molecule has 0 saturated heterocycles. The van der Waals surface area contributed by atoms with Gasteiger partial charge in [0, 0.05) is 0 Å². The summed E-state index contributed by atoms with van der Waals surface area (Å²) < 4.78 is 13.2. The first kappa shape index (κ1) is 11.0. The fourth-order valence-electron chi connectivity index (χ4n) is 1.17. The van der Waals surface area contributed by atoms with E-state index < -0.39 is 0 Å². The second-order valence-electron chi connectivity index (χ2n) is 3.34. The van der Waals surface area contributed by atoms with Crippen LogP contribution in [0.15, 0.2) is 17.1 Å². The molecular formula is C11H13BFN. The molecule has 0 spiro atoms. The third kappa shape index (κ3) is 2.44. The van der Waals surface area contributed by atoms with Crippen molar-refractivity contribution >= 4 is 19.1 Å². The summed E-state index contributed by atoms with van der Waals surface area (Å²) in [6.45, 7) is 5.55. The van der Waals surface area contributed by atoms with Crippen molar-refractivity contribution in [2.24, 2.45) is 4.99 Å². The number of hydrogen-bond donors (Lipinski definition) is 0. The monoisotopic (exact) mass is 189 g/mol. The Balaban J connectivity index is 3.16. The Kier molecular flexibility index (Phi) is 3.45. The first-order chi connectivity index (χ1) is 6.54. The van der Waals surface area contributed by atoms with Gasteiger partial charge in [-0.1, -0.05) is 13.0 Å².